The van der Waals surface area contributed by atoms with Crippen molar-refractivity contribution in [1.29, 1.82) is 0 Å². The molecule has 0 aromatic heterocycles. The normalized spacial score (nSPS) is 26.4. The molecular formula is C14H14Cl2N3O3+. The van der Waals surface area contributed by atoms with Crippen LogP contribution in [-0.4, -0.2) is 41.4 Å². The van der Waals surface area contributed by atoms with E-state index in [0.717, 1.165) is 0 Å². The van der Waals surface area contributed by atoms with Crippen molar-refractivity contribution < 1.29 is 14.4 Å². The molecular weight excluding hydrogens is 329 g/mol. The van der Waals surface area contributed by atoms with Gasteiger partial charge in [0.1, 0.15) is 6.54 Å². The van der Waals surface area contributed by atoms with Crippen LogP contribution in [0.2, 0.25) is 10.0 Å². The van der Waals surface area contributed by atoms with Crippen molar-refractivity contribution in [2.75, 3.05) is 6.54 Å². The molecule has 6 nitrogen and oxygen atoms in total. The highest BCUT2D eigenvalue weighted by Crippen LogP contribution is 2.45. The predicted molar refractivity (Wildman–Crippen MR) is 82.4 cm³/mol. The third kappa shape index (κ3) is 1.87. The highest BCUT2D eigenvalue weighted by atomic mass is 35.5. The Morgan fingerprint density at radius 1 is 1.27 bits per heavy atom. The molecule has 116 valence electrons. The minimum Gasteiger partial charge on any atom is -0.301 e. The van der Waals surface area contributed by atoms with Crippen LogP contribution < -0.4 is 9.91 Å². The van der Waals surface area contributed by atoms with Crippen molar-refractivity contribution in [3.8, 4) is 0 Å². The van der Waals surface area contributed by atoms with Crippen molar-refractivity contribution in [2.45, 2.75) is 25.9 Å². The number of carbonyl (C=O) groups is 3. The number of urea groups is 1. The van der Waals surface area contributed by atoms with Gasteiger partial charge in [-0.3, -0.25) is 9.59 Å². The second-order valence-corrected chi connectivity index (χ2v) is 6.55. The zero-order valence-corrected chi connectivity index (χ0v) is 13.5. The second-order valence-electron chi connectivity index (χ2n) is 5.68. The Hall–Kier alpha value is -1.63. The minimum atomic E-state index is -1.05. The van der Waals surface area contributed by atoms with Crippen LogP contribution >= 0.6 is 23.2 Å². The molecule has 8 heteroatoms. The van der Waals surface area contributed by atoms with Crippen molar-refractivity contribution in [3.05, 3.63) is 28.2 Å². The standard InChI is InChI=1S/C14H13Cl2N3O3/c1-7(2)17-14(22)19(10-4-8(15)3-9(16)5-10)12-11(20)6-18(19)13(12)21/h3-5,7,12H,6H2,1-2H3/p+1. The minimum absolute atomic E-state index is 0.0842. The van der Waals surface area contributed by atoms with E-state index in [1.54, 1.807) is 26.0 Å². The molecule has 3 amide bonds. The van der Waals surface area contributed by atoms with Crippen LogP contribution in [-0.2, 0) is 9.59 Å². The molecule has 4 rings (SSSR count). The monoisotopic (exact) mass is 342 g/mol. The Balaban J connectivity index is 2.15. The molecule has 0 radical (unpaired) electrons. The molecule has 1 aromatic carbocycles. The number of Topliss-reactive ketones (excluding diaryl/α,β-unsaturated/α-hetero) is 1. The van der Waals surface area contributed by atoms with Gasteiger partial charge in [0.05, 0.1) is 0 Å². The van der Waals surface area contributed by atoms with Gasteiger partial charge in [-0.05, 0) is 19.9 Å². The average molecular weight is 343 g/mol. The fourth-order valence-corrected chi connectivity index (χ4v) is 3.54. The molecule has 1 aromatic rings. The Morgan fingerprint density at radius 2 is 1.86 bits per heavy atom. The molecule has 3 fully saturated rings. The van der Waals surface area contributed by atoms with Gasteiger partial charge < -0.3 is 5.32 Å². The van der Waals surface area contributed by atoms with Crippen LogP contribution in [0.5, 0.6) is 0 Å². The van der Waals surface area contributed by atoms with Crippen molar-refractivity contribution in [1.82, 2.24) is 14.9 Å². The number of halogens is 2. The van der Waals surface area contributed by atoms with Gasteiger partial charge in [-0.1, -0.05) is 27.8 Å². The summed E-state index contributed by atoms with van der Waals surface area (Å²) in [6, 6.07) is 3.02. The summed E-state index contributed by atoms with van der Waals surface area (Å²) in [5.74, 6) is -0.625. The van der Waals surface area contributed by atoms with Crippen LogP contribution in [0.1, 0.15) is 13.8 Å². The first-order valence-electron chi connectivity index (χ1n) is 6.79. The summed E-state index contributed by atoms with van der Waals surface area (Å²) in [6.07, 6.45) is 0. The summed E-state index contributed by atoms with van der Waals surface area (Å²) >= 11 is 12.0. The first kappa shape index (κ1) is 15.3. The first-order chi connectivity index (χ1) is 10.3. The number of nitrogens with one attached hydrogen (secondary N) is 1. The lowest BCUT2D eigenvalue weighted by Gasteiger charge is -2.46. The molecule has 3 saturated heterocycles. The van der Waals surface area contributed by atoms with Crippen LogP contribution in [0, 0.1) is 0 Å². The number of benzene rings is 1. The Kier molecular flexibility index (Phi) is 3.43. The summed E-state index contributed by atoms with van der Waals surface area (Å²) in [7, 11) is 0. The van der Waals surface area contributed by atoms with Gasteiger partial charge in [0, 0.05) is 28.2 Å². The van der Waals surface area contributed by atoms with Crippen LogP contribution in [0.15, 0.2) is 18.2 Å². The molecule has 22 heavy (non-hydrogen) atoms. The number of nitrogens with zero attached hydrogens (tertiary/aromatic N) is 2. The Morgan fingerprint density at radius 3 is 2.27 bits per heavy atom. The van der Waals surface area contributed by atoms with E-state index in [0.29, 0.717) is 15.7 Å². The zero-order valence-electron chi connectivity index (χ0n) is 12.0. The highest BCUT2D eigenvalue weighted by molar-refractivity contribution is 6.35. The van der Waals surface area contributed by atoms with E-state index in [1.165, 1.54) is 11.1 Å². The summed E-state index contributed by atoms with van der Waals surface area (Å²) in [5, 5.41) is 4.68. The van der Waals surface area contributed by atoms with Crippen molar-refractivity contribution >= 4 is 46.6 Å². The summed E-state index contributed by atoms with van der Waals surface area (Å²) in [4.78, 5) is 36.8. The molecule has 3 heterocycles. The van der Waals surface area contributed by atoms with Gasteiger partial charge in [0.2, 0.25) is 5.78 Å². The summed E-state index contributed by atoms with van der Waals surface area (Å²) in [5.41, 5.74) is 0.408. The van der Waals surface area contributed by atoms with E-state index in [9.17, 15) is 14.4 Å². The summed E-state index contributed by atoms with van der Waals surface area (Å²) < 4.78 is -0.504. The van der Waals surface area contributed by atoms with Crippen LogP contribution in [0.4, 0.5) is 10.5 Å². The smallest absolute Gasteiger partial charge is 0.301 e. The molecule has 0 saturated carbocycles. The van der Waals surface area contributed by atoms with Gasteiger partial charge >= 0.3 is 11.9 Å². The maximum Gasteiger partial charge on any atom is 0.447 e. The molecule has 0 spiro atoms. The molecule has 3 aliphatic heterocycles. The number of rotatable bonds is 2. The van der Waals surface area contributed by atoms with Crippen LogP contribution in [0.3, 0.4) is 0 Å². The SMILES string of the molecule is CC(C)NC(=O)[N+]1(c2cc(Cl)cc(Cl)c2)C2C(=O)CN1C2=O. The zero-order chi connectivity index (χ0) is 16.2. The summed E-state index contributed by atoms with van der Waals surface area (Å²) in [6.45, 7) is 3.53. The third-order valence-electron chi connectivity index (χ3n) is 3.82. The van der Waals surface area contributed by atoms with Crippen molar-refractivity contribution in [3.63, 3.8) is 0 Å². The van der Waals surface area contributed by atoms with E-state index in [1.807, 2.05) is 0 Å². The van der Waals surface area contributed by atoms with E-state index >= 15 is 0 Å². The van der Waals surface area contributed by atoms with E-state index < -0.39 is 16.7 Å². The highest BCUT2D eigenvalue weighted by Gasteiger charge is 2.77. The van der Waals surface area contributed by atoms with Gasteiger partial charge in [0.25, 0.3) is 6.04 Å². The Labute approximate surface area is 137 Å². The van der Waals surface area contributed by atoms with Gasteiger partial charge in [-0.25, -0.2) is 4.79 Å². The topological polar surface area (TPSA) is 66.5 Å². The van der Waals surface area contributed by atoms with E-state index in [4.69, 9.17) is 23.2 Å². The quantitative estimate of drug-likeness (QED) is 0.661. The molecule has 3 aliphatic rings. The number of hydrogen-bond acceptors (Lipinski definition) is 3. The van der Waals surface area contributed by atoms with Crippen LogP contribution in [0.25, 0.3) is 0 Å². The number of ketones is 1. The molecule has 1 N–H and O–H groups in total. The number of quaternary nitrogens is 1. The Bertz CT molecular complexity index is 678. The number of hydrogen-bond donors (Lipinski definition) is 1. The fourth-order valence-electron chi connectivity index (χ4n) is 3.02. The lowest BCUT2D eigenvalue weighted by Crippen LogP contribution is -2.82. The number of amides is 3. The maximum absolute atomic E-state index is 12.8. The van der Waals surface area contributed by atoms with Gasteiger partial charge in [-0.2, -0.15) is 5.01 Å². The van der Waals surface area contributed by atoms with Gasteiger partial charge in [-0.15, -0.1) is 0 Å². The maximum atomic E-state index is 12.8. The molecule has 2 unspecified atom stereocenters. The van der Waals surface area contributed by atoms with Gasteiger partial charge in [0.15, 0.2) is 5.69 Å². The van der Waals surface area contributed by atoms with Crippen molar-refractivity contribution in [2.24, 2.45) is 0 Å². The number of fused-ring (bicyclic) bond motifs is 1. The lowest BCUT2D eigenvalue weighted by atomic mass is 10.1. The fraction of sp³-hybridized carbons (Fsp3) is 0.357. The van der Waals surface area contributed by atoms with E-state index in [2.05, 4.69) is 5.32 Å². The number of carbonyl (C=O) groups excluding carboxylic acids is 3. The largest absolute Gasteiger partial charge is 0.447 e. The third-order valence-corrected chi connectivity index (χ3v) is 4.25. The average Bonchev–Trinajstić information content (AvgIpc) is 2.86. The molecule has 0 aliphatic carbocycles. The lowest BCUT2D eigenvalue weighted by molar-refractivity contribution is -0.163. The second kappa shape index (κ2) is 4.94. The predicted octanol–water partition coefficient (Wildman–Crippen LogP) is 2.13. The molecule has 2 bridgehead atoms. The van der Waals surface area contributed by atoms with E-state index in [-0.39, 0.29) is 24.3 Å². The molecule has 2 atom stereocenters. The first-order valence-corrected chi connectivity index (χ1v) is 7.55.